The van der Waals surface area contributed by atoms with Crippen LogP contribution in [0.3, 0.4) is 0 Å². The van der Waals surface area contributed by atoms with Crippen LogP contribution in [0.5, 0.6) is 0 Å². The minimum Gasteiger partial charge on any atom is -0.362 e. The van der Waals surface area contributed by atoms with Crippen molar-refractivity contribution in [3.05, 3.63) is 27.4 Å². The lowest BCUT2D eigenvalue weighted by Crippen LogP contribution is -2.20. The van der Waals surface area contributed by atoms with Crippen LogP contribution in [-0.4, -0.2) is 26.8 Å². The Hall–Kier alpha value is -1.88. The zero-order chi connectivity index (χ0) is 14.9. The van der Waals surface area contributed by atoms with Crippen LogP contribution in [0.25, 0.3) is 0 Å². The topological polar surface area (TPSA) is 111 Å². The van der Waals surface area contributed by atoms with Gasteiger partial charge in [-0.25, -0.2) is 9.38 Å². The van der Waals surface area contributed by atoms with Gasteiger partial charge < -0.3 is 15.8 Å². The monoisotopic (exact) mass is 320 g/mol. The van der Waals surface area contributed by atoms with Crippen molar-refractivity contribution in [3.63, 3.8) is 0 Å². The number of alkyl halides is 1. The summed E-state index contributed by atoms with van der Waals surface area (Å²) in [5.41, 5.74) is 4.97. The highest BCUT2D eigenvalue weighted by Gasteiger charge is 2.38. The molecule has 1 aromatic heterocycles. The maximum Gasteiger partial charge on any atom is 0.389 e. The molecule has 1 aliphatic rings. The first-order chi connectivity index (χ1) is 9.31. The molecule has 2 N–H and O–H groups in total. The smallest absolute Gasteiger partial charge is 0.362 e. The zero-order valence-corrected chi connectivity index (χ0v) is 11.2. The Labute approximate surface area is 118 Å². The maximum atomic E-state index is 14.4. The van der Waals surface area contributed by atoms with E-state index in [9.17, 15) is 23.7 Å². The minimum atomic E-state index is -2.22. The van der Waals surface area contributed by atoms with E-state index in [0.29, 0.717) is 23.1 Å². The summed E-state index contributed by atoms with van der Waals surface area (Å²) in [5.74, 6) is -2.56. The third kappa shape index (κ3) is 2.99. The van der Waals surface area contributed by atoms with Crippen molar-refractivity contribution >= 4 is 40.8 Å². The van der Waals surface area contributed by atoms with Crippen molar-refractivity contribution in [2.24, 2.45) is 10.7 Å². The molecule has 2 heterocycles. The first-order valence-corrected chi connectivity index (χ1v) is 6.67. The van der Waals surface area contributed by atoms with E-state index in [2.05, 4.69) is 9.98 Å². The van der Waals surface area contributed by atoms with Crippen LogP contribution in [0.4, 0.5) is 14.6 Å². The molecule has 20 heavy (non-hydrogen) atoms. The molecule has 0 aliphatic carbocycles. The molecule has 0 radical (unpaired) electrons. The molecule has 0 saturated heterocycles. The Morgan fingerprint density at radius 1 is 1.65 bits per heavy atom. The average Bonchev–Trinajstić information content (AvgIpc) is 2.71. The number of halogens is 2. The Morgan fingerprint density at radius 3 is 2.90 bits per heavy atom. The second kappa shape index (κ2) is 5.25. The van der Waals surface area contributed by atoms with Gasteiger partial charge in [-0.3, -0.25) is 4.79 Å². The lowest BCUT2D eigenvalue weighted by atomic mass is 10.2. The number of thioether (sulfide) groups is 1. The summed E-state index contributed by atoms with van der Waals surface area (Å²) in [5, 5.41) is 8.28. The second-order valence-electron chi connectivity index (χ2n) is 3.64. The van der Waals surface area contributed by atoms with Gasteiger partial charge in [-0.15, -0.1) is 0 Å². The Kier molecular flexibility index (Phi) is 3.81. The average molecular weight is 320 g/mol. The summed E-state index contributed by atoms with van der Waals surface area (Å²) in [6.45, 7) is 0. The summed E-state index contributed by atoms with van der Waals surface area (Å²) in [7, 11) is 0. The van der Waals surface area contributed by atoms with Gasteiger partial charge in [0.15, 0.2) is 15.2 Å². The van der Waals surface area contributed by atoms with Gasteiger partial charge in [0.05, 0.1) is 6.42 Å². The Balaban J connectivity index is 2.33. The van der Waals surface area contributed by atoms with E-state index in [1.807, 2.05) is 0 Å². The van der Waals surface area contributed by atoms with Crippen molar-refractivity contribution in [1.29, 1.82) is 0 Å². The van der Waals surface area contributed by atoms with Gasteiger partial charge in [0.2, 0.25) is 0 Å². The first-order valence-electron chi connectivity index (χ1n) is 5.03. The lowest BCUT2D eigenvalue weighted by Gasteiger charge is -2.20. The fourth-order valence-electron chi connectivity index (χ4n) is 1.34. The number of carbonyl (C=O) groups is 1. The number of nitro groups is 1. The Bertz CT molecular complexity index is 645. The van der Waals surface area contributed by atoms with Crippen LogP contribution in [-0.2, 0) is 0 Å². The summed E-state index contributed by atoms with van der Waals surface area (Å²) in [6.07, 6.45) is 1.26. The van der Waals surface area contributed by atoms with Crippen molar-refractivity contribution in [2.75, 3.05) is 0 Å². The molecule has 1 atom stereocenters. The molecule has 0 aromatic carbocycles. The number of carbonyl (C=O) groups excluding carboxylic acids is 1. The van der Waals surface area contributed by atoms with E-state index >= 15 is 0 Å². The van der Waals surface area contributed by atoms with Crippen LogP contribution >= 0.6 is 23.1 Å². The number of thiazole rings is 1. The molecule has 1 aliphatic heterocycles. The summed E-state index contributed by atoms with van der Waals surface area (Å²) in [4.78, 5) is 27.6. The molecule has 7 nitrogen and oxygen atoms in total. The molecule has 0 saturated carbocycles. The molecule has 0 bridgehead atoms. The number of nitrogens with zero attached hydrogens (tertiary/aromatic N) is 3. The van der Waals surface area contributed by atoms with Crippen molar-refractivity contribution in [2.45, 2.75) is 15.6 Å². The number of aliphatic imine (C=N–C) groups is 1. The van der Waals surface area contributed by atoms with E-state index in [-0.39, 0.29) is 9.22 Å². The molecular formula is C9H6F2N4O3S2. The van der Waals surface area contributed by atoms with Crippen molar-refractivity contribution < 1.29 is 18.5 Å². The molecule has 0 fully saturated rings. The van der Waals surface area contributed by atoms with Crippen LogP contribution in [0.15, 0.2) is 21.5 Å². The van der Waals surface area contributed by atoms with E-state index in [1.54, 1.807) is 0 Å². The van der Waals surface area contributed by atoms with Crippen molar-refractivity contribution in [3.8, 4) is 0 Å². The van der Waals surface area contributed by atoms with Crippen molar-refractivity contribution in [1.82, 2.24) is 4.98 Å². The van der Waals surface area contributed by atoms with Gasteiger partial charge >= 0.3 is 11.7 Å². The molecule has 2 rings (SSSR count). The van der Waals surface area contributed by atoms with Crippen LogP contribution in [0.2, 0.25) is 0 Å². The molecule has 11 heteroatoms. The standard InChI is InChI=1S/C9H6F2N4O3S2/c10-4-3-9(11,1-2-13-4)20-8-6(15(17)18)14-7(19-8)5(12)16/h1-2H,3H2,(H2,12,16). The number of hydrogen-bond acceptors (Lipinski definition) is 7. The number of hydrogen-bond donors (Lipinski definition) is 1. The largest absolute Gasteiger partial charge is 0.389 e. The van der Waals surface area contributed by atoms with E-state index in [4.69, 9.17) is 5.73 Å². The van der Waals surface area contributed by atoms with Gasteiger partial charge in [-0.1, -0.05) is 23.1 Å². The number of nitrogens with two attached hydrogens (primary N) is 1. The fourth-order valence-corrected chi connectivity index (χ4v) is 3.62. The van der Waals surface area contributed by atoms with Gasteiger partial charge in [0.1, 0.15) is 0 Å². The highest BCUT2D eigenvalue weighted by atomic mass is 32.2. The third-order valence-electron chi connectivity index (χ3n) is 2.15. The SMILES string of the molecule is NC(=O)c1nc([N+](=O)[O-])c(SC2(F)C=CN=C(F)C2)s1. The minimum absolute atomic E-state index is 0.161. The van der Waals surface area contributed by atoms with Crippen LogP contribution in [0.1, 0.15) is 16.2 Å². The van der Waals surface area contributed by atoms with Gasteiger partial charge in [0.25, 0.3) is 5.01 Å². The van der Waals surface area contributed by atoms with E-state index in [0.717, 1.165) is 12.3 Å². The zero-order valence-electron chi connectivity index (χ0n) is 9.58. The highest BCUT2D eigenvalue weighted by Crippen LogP contribution is 2.46. The van der Waals surface area contributed by atoms with Gasteiger partial charge in [-0.2, -0.15) is 4.39 Å². The first kappa shape index (κ1) is 14.5. The predicted molar refractivity (Wildman–Crippen MR) is 69.3 cm³/mol. The normalized spacial score (nSPS) is 21.6. The van der Waals surface area contributed by atoms with Gasteiger partial charge in [-0.05, 0) is 16.0 Å². The maximum absolute atomic E-state index is 14.4. The summed E-state index contributed by atoms with van der Waals surface area (Å²) < 4.78 is 27.2. The summed E-state index contributed by atoms with van der Waals surface area (Å²) >= 11 is 0.985. The molecule has 106 valence electrons. The van der Waals surface area contributed by atoms with E-state index in [1.165, 1.54) is 0 Å². The van der Waals surface area contributed by atoms with Crippen LogP contribution < -0.4 is 5.73 Å². The third-order valence-corrected chi connectivity index (χ3v) is 4.49. The molecule has 1 unspecified atom stereocenters. The molecule has 0 spiro atoms. The highest BCUT2D eigenvalue weighted by molar-refractivity contribution is 8.02. The predicted octanol–water partition coefficient (Wildman–Crippen LogP) is 2.19. The number of rotatable bonds is 4. The summed E-state index contributed by atoms with van der Waals surface area (Å²) in [6, 6.07) is 0. The lowest BCUT2D eigenvalue weighted by molar-refractivity contribution is -0.391. The fraction of sp³-hybridized carbons (Fsp3) is 0.222. The number of amides is 1. The number of aromatic nitrogens is 1. The van der Waals surface area contributed by atoms with E-state index < -0.39 is 34.0 Å². The van der Waals surface area contributed by atoms with Gasteiger partial charge in [0, 0.05) is 6.20 Å². The molecule has 1 aromatic rings. The molecule has 1 amide bonds. The Morgan fingerprint density at radius 2 is 2.35 bits per heavy atom. The number of primary amides is 1. The quantitative estimate of drug-likeness (QED) is 0.675. The molecular weight excluding hydrogens is 314 g/mol. The second-order valence-corrected chi connectivity index (χ2v) is 6.19. The van der Waals surface area contributed by atoms with Crippen LogP contribution in [0, 0.1) is 10.1 Å².